The van der Waals surface area contributed by atoms with E-state index in [0.29, 0.717) is 6.54 Å². The summed E-state index contributed by atoms with van der Waals surface area (Å²) in [5, 5.41) is 18.8. The lowest BCUT2D eigenvalue weighted by Gasteiger charge is -2.40. The average molecular weight is 538 g/mol. The molecular formula is C21H29ClFN3O6S2. The summed E-state index contributed by atoms with van der Waals surface area (Å²) in [7, 11) is -2.26. The predicted octanol–water partition coefficient (Wildman–Crippen LogP) is 3.83. The molecule has 1 heterocycles. The van der Waals surface area contributed by atoms with E-state index in [1.165, 1.54) is 6.20 Å². The molecule has 0 bridgehead atoms. The van der Waals surface area contributed by atoms with Gasteiger partial charge in [0.15, 0.2) is 5.13 Å². The van der Waals surface area contributed by atoms with Crippen LogP contribution in [-0.4, -0.2) is 66.3 Å². The Morgan fingerprint density at radius 3 is 2.62 bits per heavy atom. The smallest absolute Gasteiger partial charge is 0.290 e. The maximum Gasteiger partial charge on any atom is 0.290 e. The van der Waals surface area contributed by atoms with Crippen LogP contribution in [0, 0.1) is 5.82 Å². The Labute approximate surface area is 207 Å². The first-order valence-corrected chi connectivity index (χ1v) is 13.2. The van der Waals surface area contributed by atoms with Crippen LogP contribution in [-0.2, 0) is 14.8 Å². The number of benzene rings is 1. The van der Waals surface area contributed by atoms with Crippen molar-refractivity contribution in [1.82, 2.24) is 9.88 Å². The fourth-order valence-electron chi connectivity index (χ4n) is 3.86. The molecule has 190 valence electrons. The van der Waals surface area contributed by atoms with Gasteiger partial charge in [0.2, 0.25) is 0 Å². The summed E-state index contributed by atoms with van der Waals surface area (Å²) in [4.78, 5) is 13.7. The van der Waals surface area contributed by atoms with E-state index in [0.717, 1.165) is 49.2 Å². The summed E-state index contributed by atoms with van der Waals surface area (Å²) in [6, 6.07) is 2.09. The number of carbonyl (C=O) groups is 1. The highest BCUT2D eigenvalue weighted by Gasteiger charge is 2.33. The van der Waals surface area contributed by atoms with Crippen LogP contribution in [0.15, 0.2) is 28.6 Å². The number of ether oxygens (including phenoxy) is 1. The number of carboxylic acid groups (broad SMARTS) is 1. The Morgan fingerprint density at radius 2 is 2.03 bits per heavy atom. The van der Waals surface area contributed by atoms with Gasteiger partial charge in [-0.15, -0.1) is 11.3 Å². The number of hydrogen-bond acceptors (Lipinski definition) is 8. The number of aromatic nitrogens is 1. The quantitative estimate of drug-likeness (QED) is 0.433. The summed E-state index contributed by atoms with van der Waals surface area (Å²) >= 11 is 7.38. The van der Waals surface area contributed by atoms with Gasteiger partial charge < -0.3 is 14.9 Å². The van der Waals surface area contributed by atoms with Crippen LogP contribution in [0.5, 0.6) is 5.75 Å². The van der Waals surface area contributed by atoms with Crippen molar-refractivity contribution in [3.63, 3.8) is 0 Å². The zero-order chi connectivity index (χ0) is 25.5. The molecule has 3 N–H and O–H groups in total. The molecule has 0 aliphatic heterocycles. The first-order valence-electron chi connectivity index (χ1n) is 10.5. The molecule has 1 aromatic heterocycles. The number of rotatable bonds is 8. The van der Waals surface area contributed by atoms with Crippen LogP contribution in [0.25, 0.3) is 0 Å². The van der Waals surface area contributed by atoms with E-state index >= 15 is 0 Å². The molecule has 1 aliphatic carbocycles. The zero-order valence-corrected chi connectivity index (χ0v) is 21.5. The number of halogens is 2. The summed E-state index contributed by atoms with van der Waals surface area (Å²) in [6.07, 6.45) is 4.81. The highest BCUT2D eigenvalue weighted by atomic mass is 35.5. The van der Waals surface area contributed by atoms with Gasteiger partial charge in [-0.05, 0) is 46.2 Å². The number of hydrogen-bond donors (Lipinski definition) is 3. The predicted molar refractivity (Wildman–Crippen MR) is 129 cm³/mol. The van der Waals surface area contributed by atoms with Gasteiger partial charge in [0, 0.05) is 30.2 Å². The Bertz CT molecular complexity index is 1050. The van der Waals surface area contributed by atoms with E-state index in [2.05, 4.69) is 9.71 Å². The van der Waals surface area contributed by atoms with Gasteiger partial charge in [-0.25, -0.2) is 17.8 Å². The number of aliphatic hydroxyl groups is 1. The third-order valence-electron chi connectivity index (χ3n) is 5.08. The molecule has 3 rings (SSSR count). The van der Waals surface area contributed by atoms with Gasteiger partial charge in [-0.2, -0.15) is 0 Å². The van der Waals surface area contributed by atoms with Crippen LogP contribution >= 0.6 is 22.9 Å². The van der Waals surface area contributed by atoms with Gasteiger partial charge >= 0.3 is 0 Å². The van der Waals surface area contributed by atoms with Crippen LogP contribution < -0.4 is 9.46 Å². The number of likely N-dealkylation sites (N-methyl/N-ethyl adjacent to an activating group) is 1. The molecule has 0 saturated heterocycles. The van der Waals surface area contributed by atoms with E-state index in [9.17, 15) is 17.9 Å². The Kier molecular flexibility index (Phi) is 10.1. The maximum atomic E-state index is 14.8. The number of nitrogens with one attached hydrogen (secondary N) is 1. The van der Waals surface area contributed by atoms with Gasteiger partial charge in [0.1, 0.15) is 22.6 Å². The SMILES string of the molecule is CN(CC(C)(C)O)[C@H]1CCCC[C@@H]1Oc1cc(F)c(S(=O)(=O)Nc2nccs2)cc1Cl.O=CO. The van der Waals surface area contributed by atoms with E-state index in [4.69, 9.17) is 26.2 Å². The minimum absolute atomic E-state index is 0.00961. The number of thiazole rings is 1. The van der Waals surface area contributed by atoms with Crippen molar-refractivity contribution in [3.05, 3.63) is 34.5 Å². The van der Waals surface area contributed by atoms with Gasteiger partial charge in [-0.1, -0.05) is 18.0 Å². The van der Waals surface area contributed by atoms with Crippen molar-refractivity contribution in [2.24, 2.45) is 0 Å². The van der Waals surface area contributed by atoms with Crippen LogP contribution in [0.1, 0.15) is 39.5 Å². The number of sulfonamides is 1. The fraction of sp³-hybridized carbons (Fsp3) is 0.524. The fourth-order valence-corrected chi connectivity index (χ4v) is 6.01. The average Bonchev–Trinajstić information content (AvgIpc) is 3.22. The number of nitrogens with zero attached hydrogens (tertiary/aromatic N) is 2. The van der Waals surface area contributed by atoms with Crippen LogP contribution in [0.4, 0.5) is 9.52 Å². The lowest BCUT2D eigenvalue weighted by atomic mass is 9.90. The van der Waals surface area contributed by atoms with Crippen LogP contribution in [0.2, 0.25) is 5.02 Å². The highest BCUT2D eigenvalue weighted by molar-refractivity contribution is 7.93. The molecule has 13 heteroatoms. The molecule has 2 atom stereocenters. The lowest BCUT2D eigenvalue weighted by molar-refractivity contribution is -0.122. The molecule has 1 aliphatic rings. The van der Waals surface area contributed by atoms with Crippen molar-refractivity contribution in [1.29, 1.82) is 0 Å². The summed E-state index contributed by atoms with van der Waals surface area (Å²) in [5.41, 5.74) is -0.860. The first-order chi connectivity index (χ1) is 15.9. The van der Waals surface area contributed by atoms with E-state index < -0.39 is 26.3 Å². The van der Waals surface area contributed by atoms with Crippen molar-refractivity contribution in [2.75, 3.05) is 18.3 Å². The molecule has 34 heavy (non-hydrogen) atoms. The van der Waals surface area contributed by atoms with Gasteiger partial charge in [-0.3, -0.25) is 14.4 Å². The molecule has 1 aromatic carbocycles. The molecule has 0 radical (unpaired) electrons. The summed E-state index contributed by atoms with van der Waals surface area (Å²) < 4.78 is 48.1. The molecule has 0 amide bonds. The normalized spacial score (nSPS) is 18.7. The maximum absolute atomic E-state index is 14.8. The lowest BCUT2D eigenvalue weighted by Crippen LogP contribution is -2.50. The number of anilines is 1. The third kappa shape index (κ3) is 8.05. The van der Waals surface area contributed by atoms with E-state index in [1.54, 1.807) is 19.2 Å². The summed E-state index contributed by atoms with van der Waals surface area (Å²) in [6.45, 7) is 3.69. The molecule has 9 nitrogen and oxygen atoms in total. The first kappa shape index (κ1) is 28.2. The molecular weight excluding hydrogens is 509 g/mol. The molecule has 0 spiro atoms. The third-order valence-corrected chi connectivity index (χ3v) is 7.55. The largest absolute Gasteiger partial charge is 0.487 e. The van der Waals surface area contributed by atoms with Crippen molar-refractivity contribution < 1.29 is 32.6 Å². The minimum atomic E-state index is -4.18. The second-order valence-electron chi connectivity index (χ2n) is 8.50. The zero-order valence-electron chi connectivity index (χ0n) is 19.1. The van der Waals surface area contributed by atoms with Crippen LogP contribution in [0.3, 0.4) is 0 Å². The topological polar surface area (TPSA) is 129 Å². The van der Waals surface area contributed by atoms with E-state index in [1.807, 2.05) is 11.9 Å². The highest BCUT2D eigenvalue weighted by Crippen LogP contribution is 2.34. The molecule has 0 unspecified atom stereocenters. The second-order valence-corrected chi connectivity index (χ2v) is 11.4. The second kappa shape index (κ2) is 12.1. The van der Waals surface area contributed by atoms with Gasteiger partial charge in [0.25, 0.3) is 16.5 Å². The van der Waals surface area contributed by atoms with Crippen molar-refractivity contribution in [3.8, 4) is 5.75 Å². The van der Waals surface area contributed by atoms with Gasteiger partial charge in [0.05, 0.1) is 10.6 Å². The van der Waals surface area contributed by atoms with Crippen molar-refractivity contribution in [2.45, 2.75) is 62.2 Å². The molecule has 2 aromatic rings. The van der Waals surface area contributed by atoms with Crippen molar-refractivity contribution >= 4 is 44.6 Å². The Morgan fingerprint density at radius 1 is 1.38 bits per heavy atom. The Balaban J connectivity index is 0.00000129. The summed E-state index contributed by atoms with van der Waals surface area (Å²) in [5.74, 6) is -0.860. The minimum Gasteiger partial charge on any atom is -0.487 e. The molecule has 1 saturated carbocycles. The Hall–Kier alpha value is -1.99. The standard InChI is InChI=1S/C20H27ClFN3O4S2.CH2O2/c1-20(2,26)12-25(3)15-6-4-5-7-16(15)29-17-11-14(22)18(10-13(17)21)31(27,28)24-19-23-8-9-30-19;2-1-3/h8-11,15-16,26H,4-7,12H2,1-3H3,(H,23,24);1H,(H,2,3)/t15-,16-;/m0./s1. The van der Waals surface area contributed by atoms with E-state index in [-0.39, 0.29) is 34.5 Å². The molecule has 1 fully saturated rings. The monoisotopic (exact) mass is 537 g/mol.